The summed E-state index contributed by atoms with van der Waals surface area (Å²) >= 11 is 0. The Labute approximate surface area is 173 Å². The largest absolute Gasteiger partial charge is 0.484 e. The van der Waals surface area contributed by atoms with Gasteiger partial charge in [-0.3, -0.25) is 14.4 Å². The van der Waals surface area contributed by atoms with E-state index in [2.05, 4.69) is 10.6 Å². The quantitative estimate of drug-likeness (QED) is 0.558. The van der Waals surface area contributed by atoms with Crippen LogP contribution in [0.4, 0.5) is 5.69 Å². The lowest BCUT2D eigenvalue weighted by Gasteiger charge is -2.26. The molecule has 0 aromatic heterocycles. The van der Waals surface area contributed by atoms with Crippen LogP contribution in [0.15, 0.2) is 53.4 Å². The first-order chi connectivity index (χ1) is 14.3. The maximum Gasteiger partial charge on any atom is 0.262 e. The lowest BCUT2D eigenvalue weighted by atomic mass is 10.2. The number of amides is 3. The van der Waals surface area contributed by atoms with Crippen molar-refractivity contribution in [2.75, 3.05) is 31.6 Å². The van der Waals surface area contributed by atoms with Crippen LogP contribution in [0.1, 0.15) is 10.4 Å². The molecule has 0 atom stereocenters. The minimum Gasteiger partial charge on any atom is -0.484 e. The molecule has 3 amide bonds. The van der Waals surface area contributed by atoms with Gasteiger partial charge >= 0.3 is 0 Å². The monoisotopic (exact) mass is 432 g/mol. The number of primary amides is 1. The van der Waals surface area contributed by atoms with Gasteiger partial charge in [0, 0.05) is 24.3 Å². The predicted octanol–water partition coefficient (Wildman–Crippen LogP) is -0.0765. The lowest BCUT2D eigenvalue weighted by molar-refractivity contribution is -0.122. The van der Waals surface area contributed by atoms with Gasteiger partial charge in [0.15, 0.2) is 6.61 Å². The number of sulfonamides is 1. The second kappa shape index (κ2) is 8.93. The van der Waals surface area contributed by atoms with Crippen molar-refractivity contribution in [2.45, 2.75) is 4.90 Å². The summed E-state index contributed by atoms with van der Waals surface area (Å²) in [6.07, 6.45) is 0. The van der Waals surface area contributed by atoms with E-state index in [-0.39, 0.29) is 42.7 Å². The molecule has 1 aliphatic heterocycles. The fourth-order valence-corrected chi connectivity index (χ4v) is 4.21. The van der Waals surface area contributed by atoms with Crippen molar-refractivity contribution in [3.8, 4) is 5.75 Å². The molecule has 0 radical (unpaired) electrons. The maximum atomic E-state index is 12.7. The summed E-state index contributed by atoms with van der Waals surface area (Å²) in [5, 5.41) is 5.14. The summed E-state index contributed by atoms with van der Waals surface area (Å²) in [6, 6.07) is 11.7. The van der Waals surface area contributed by atoms with E-state index in [9.17, 15) is 22.8 Å². The van der Waals surface area contributed by atoms with Crippen LogP contribution in [0.25, 0.3) is 0 Å². The first-order valence-electron chi connectivity index (χ1n) is 8.95. The molecule has 2 aromatic carbocycles. The number of hydrogen-bond donors (Lipinski definition) is 3. The van der Waals surface area contributed by atoms with Gasteiger partial charge in [0.1, 0.15) is 5.75 Å². The van der Waals surface area contributed by atoms with Crippen LogP contribution in [0.2, 0.25) is 0 Å². The van der Waals surface area contributed by atoms with Crippen molar-refractivity contribution in [1.82, 2.24) is 9.62 Å². The Bertz CT molecular complexity index is 1070. The molecule has 30 heavy (non-hydrogen) atoms. The maximum absolute atomic E-state index is 12.7. The Morgan fingerprint density at radius 2 is 1.90 bits per heavy atom. The molecular formula is C19H20N4O6S. The molecule has 158 valence electrons. The highest BCUT2D eigenvalue weighted by molar-refractivity contribution is 7.89. The second-order valence-corrected chi connectivity index (χ2v) is 8.38. The molecule has 0 bridgehead atoms. The fraction of sp³-hybridized carbons (Fsp3) is 0.211. The third-order valence-electron chi connectivity index (χ3n) is 4.27. The molecule has 0 aliphatic carbocycles. The molecule has 4 N–H and O–H groups in total. The first kappa shape index (κ1) is 21.3. The number of nitrogens with two attached hydrogens (primary N) is 1. The van der Waals surface area contributed by atoms with Gasteiger partial charge < -0.3 is 21.1 Å². The van der Waals surface area contributed by atoms with E-state index in [1.807, 2.05) is 0 Å². The smallest absolute Gasteiger partial charge is 0.262 e. The van der Waals surface area contributed by atoms with Gasteiger partial charge in [0.2, 0.25) is 21.8 Å². The van der Waals surface area contributed by atoms with Crippen LogP contribution in [0.5, 0.6) is 5.75 Å². The summed E-state index contributed by atoms with van der Waals surface area (Å²) in [5.74, 6) is -1.06. The molecule has 11 heteroatoms. The molecular weight excluding hydrogens is 412 g/mol. The number of carbonyl (C=O) groups excluding carboxylic acids is 3. The van der Waals surface area contributed by atoms with Crippen LogP contribution in [0, 0.1) is 0 Å². The van der Waals surface area contributed by atoms with Gasteiger partial charge in [-0.1, -0.05) is 6.07 Å². The van der Waals surface area contributed by atoms with Gasteiger partial charge in [-0.25, -0.2) is 8.42 Å². The molecule has 1 heterocycles. The minimum atomic E-state index is -3.87. The van der Waals surface area contributed by atoms with Crippen LogP contribution in [0.3, 0.4) is 0 Å². The number of ether oxygens (including phenoxy) is 1. The zero-order valence-electron chi connectivity index (χ0n) is 15.8. The van der Waals surface area contributed by atoms with Crippen LogP contribution >= 0.6 is 0 Å². The molecule has 10 nitrogen and oxygen atoms in total. The summed E-state index contributed by atoms with van der Waals surface area (Å²) < 4.78 is 31.9. The summed E-state index contributed by atoms with van der Waals surface area (Å²) in [4.78, 5) is 34.7. The number of benzene rings is 2. The zero-order valence-corrected chi connectivity index (χ0v) is 16.6. The lowest BCUT2D eigenvalue weighted by Crippen LogP contribution is -2.49. The standard InChI is InChI=1S/C19H20N4O6S/c20-19(26)13-4-6-15(7-5-13)29-12-18(25)22-14-2-1-3-16(10-14)30(27,28)23-9-8-21-17(24)11-23/h1-7,10H,8-9,11-12H2,(H2,20,26)(H,21,24)(H,22,25). The summed E-state index contributed by atoms with van der Waals surface area (Å²) in [7, 11) is -3.87. The van der Waals surface area contributed by atoms with Gasteiger partial charge in [-0.05, 0) is 42.5 Å². The Kier molecular flexibility index (Phi) is 6.33. The Morgan fingerprint density at radius 1 is 1.17 bits per heavy atom. The third kappa shape index (κ3) is 5.13. The molecule has 1 fully saturated rings. The number of nitrogens with zero attached hydrogens (tertiary/aromatic N) is 1. The number of hydrogen-bond acceptors (Lipinski definition) is 6. The van der Waals surface area contributed by atoms with E-state index in [0.717, 1.165) is 4.31 Å². The minimum absolute atomic E-state index is 0.0297. The Hall–Kier alpha value is -3.44. The number of anilines is 1. The highest BCUT2D eigenvalue weighted by Gasteiger charge is 2.29. The van der Waals surface area contributed by atoms with E-state index in [1.165, 1.54) is 42.5 Å². The molecule has 0 spiro atoms. The number of nitrogens with one attached hydrogen (secondary N) is 2. The molecule has 1 saturated heterocycles. The molecule has 2 aromatic rings. The van der Waals surface area contributed by atoms with Crippen molar-refractivity contribution in [3.05, 3.63) is 54.1 Å². The summed E-state index contributed by atoms with van der Waals surface area (Å²) in [6.45, 7) is -0.153. The topological polar surface area (TPSA) is 148 Å². The number of carbonyl (C=O) groups is 3. The van der Waals surface area contributed by atoms with Crippen LogP contribution in [-0.2, 0) is 19.6 Å². The Morgan fingerprint density at radius 3 is 2.57 bits per heavy atom. The van der Waals surface area contributed by atoms with E-state index in [1.54, 1.807) is 6.07 Å². The van der Waals surface area contributed by atoms with Crippen molar-refractivity contribution in [3.63, 3.8) is 0 Å². The zero-order chi connectivity index (χ0) is 21.7. The van der Waals surface area contributed by atoms with E-state index in [4.69, 9.17) is 10.5 Å². The van der Waals surface area contributed by atoms with Crippen LogP contribution in [-0.4, -0.2) is 56.7 Å². The first-order valence-corrected chi connectivity index (χ1v) is 10.4. The van der Waals surface area contributed by atoms with Gasteiger partial charge in [-0.2, -0.15) is 4.31 Å². The average Bonchev–Trinajstić information content (AvgIpc) is 2.73. The van der Waals surface area contributed by atoms with E-state index in [0.29, 0.717) is 11.3 Å². The van der Waals surface area contributed by atoms with Crippen molar-refractivity contribution < 1.29 is 27.5 Å². The fourth-order valence-electron chi connectivity index (χ4n) is 2.77. The number of rotatable bonds is 7. The predicted molar refractivity (Wildman–Crippen MR) is 107 cm³/mol. The van der Waals surface area contributed by atoms with Crippen molar-refractivity contribution in [1.29, 1.82) is 0 Å². The molecule has 1 aliphatic rings. The SMILES string of the molecule is NC(=O)c1ccc(OCC(=O)Nc2cccc(S(=O)(=O)N3CCNC(=O)C3)c2)cc1. The molecule has 0 unspecified atom stereocenters. The Balaban J connectivity index is 1.62. The van der Waals surface area contributed by atoms with E-state index >= 15 is 0 Å². The normalized spacial score (nSPS) is 14.6. The van der Waals surface area contributed by atoms with Crippen molar-refractivity contribution in [2.24, 2.45) is 5.73 Å². The van der Waals surface area contributed by atoms with E-state index < -0.39 is 21.8 Å². The van der Waals surface area contributed by atoms with Gasteiger partial charge in [-0.15, -0.1) is 0 Å². The highest BCUT2D eigenvalue weighted by atomic mass is 32.2. The van der Waals surface area contributed by atoms with Gasteiger partial charge in [0.05, 0.1) is 11.4 Å². The highest BCUT2D eigenvalue weighted by Crippen LogP contribution is 2.20. The van der Waals surface area contributed by atoms with Crippen LogP contribution < -0.4 is 21.1 Å². The third-order valence-corrected chi connectivity index (χ3v) is 6.11. The van der Waals surface area contributed by atoms with Crippen molar-refractivity contribution >= 4 is 33.4 Å². The molecule has 3 rings (SSSR count). The summed E-state index contributed by atoms with van der Waals surface area (Å²) in [5.41, 5.74) is 5.75. The van der Waals surface area contributed by atoms with Gasteiger partial charge in [0.25, 0.3) is 5.91 Å². The second-order valence-electron chi connectivity index (χ2n) is 6.44. The average molecular weight is 432 g/mol. The molecule has 0 saturated carbocycles. The number of piperazine rings is 1.